The van der Waals surface area contributed by atoms with Gasteiger partial charge in [0.05, 0.1) is 16.7 Å². The summed E-state index contributed by atoms with van der Waals surface area (Å²) in [5, 5.41) is 3.02. The number of nitrogens with zero attached hydrogens (tertiary/aromatic N) is 5. The molecule has 2 aromatic heterocycles. The third-order valence-corrected chi connectivity index (χ3v) is 5.58. The largest absolute Gasteiger partial charge is 0.419 e. The van der Waals surface area contributed by atoms with E-state index in [0.717, 1.165) is 0 Å². The number of benzene rings is 1. The van der Waals surface area contributed by atoms with Crippen LogP contribution in [0, 0.1) is 5.82 Å². The lowest BCUT2D eigenvalue weighted by Gasteiger charge is -2.40. The molecular weight excluding hydrogens is 440 g/mol. The second-order valence-corrected chi connectivity index (χ2v) is 7.66. The molecule has 3 aromatic rings. The van der Waals surface area contributed by atoms with Crippen LogP contribution in [0.1, 0.15) is 35.7 Å². The number of hydrogen-bond acceptors (Lipinski definition) is 6. The van der Waals surface area contributed by atoms with E-state index in [1.165, 1.54) is 30.6 Å². The van der Waals surface area contributed by atoms with Crippen molar-refractivity contribution < 1.29 is 22.4 Å². The van der Waals surface area contributed by atoms with Crippen LogP contribution in [0.15, 0.2) is 49.1 Å². The first-order chi connectivity index (χ1) is 15.8. The van der Waals surface area contributed by atoms with Gasteiger partial charge in [0.2, 0.25) is 5.95 Å². The van der Waals surface area contributed by atoms with Gasteiger partial charge in [-0.2, -0.15) is 13.2 Å². The maximum atomic E-state index is 14.7. The SMILES string of the molecule is CC1C(Nc2ncc(C(F)(F)F)cn2)CCCN1C(=O)c1cccc(F)c1-c1ncccn1. The van der Waals surface area contributed by atoms with Crippen molar-refractivity contribution in [2.45, 2.75) is 38.0 Å². The molecule has 0 aliphatic carbocycles. The van der Waals surface area contributed by atoms with Crippen molar-refractivity contribution in [2.24, 2.45) is 0 Å². The Morgan fingerprint density at radius 2 is 1.79 bits per heavy atom. The number of carbonyl (C=O) groups is 1. The number of hydrogen-bond donors (Lipinski definition) is 1. The predicted molar refractivity (Wildman–Crippen MR) is 112 cm³/mol. The van der Waals surface area contributed by atoms with Gasteiger partial charge < -0.3 is 10.2 Å². The van der Waals surface area contributed by atoms with Crippen LogP contribution in [0.3, 0.4) is 0 Å². The minimum atomic E-state index is -4.52. The number of amides is 1. The molecule has 0 radical (unpaired) electrons. The van der Waals surface area contributed by atoms with E-state index in [4.69, 9.17) is 0 Å². The highest BCUT2D eigenvalue weighted by Crippen LogP contribution is 2.30. The highest BCUT2D eigenvalue weighted by atomic mass is 19.4. The van der Waals surface area contributed by atoms with Crippen molar-refractivity contribution in [1.82, 2.24) is 24.8 Å². The molecule has 33 heavy (non-hydrogen) atoms. The molecule has 1 aliphatic heterocycles. The zero-order chi connectivity index (χ0) is 23.6. The molecule has 172 valence electrons. The molecule has 1 aliphatic rings. The maximum Gasteiger partial charge on any atom is 0.419 e. The van der Waals surface area contributed by atoms with Gasteiger partial charge >= 0.3 is 6.18 Å². The molecule has 0 spiro atoms. The smallest absolute Gasteiger partial charge is 0.349 e. The molecule has 1 aromatic carbocycles. The Morgan fingerprint density at radius 3 is 2.45 bits per heavy atom. The minimum absolute atomic E-state index is 0.0245. The zero-order valence-corrected chi connectivity index (χ0v) is 17.6. The van der Waals surface area contributed by atoms with Gasteiger partial charge in [-0.1, -0.05) is 6.07 Å². The second-order valence-electron chi connectivity index (χ2n) is 7.66. The molecule has 0 saturated carbocycles. The molecule has 0 bridgehead atoms. The summed E-state index contributed by atoms with van der Waals surface area (Å²) in [5.74, 6) is -0.844. The van der Waals surface area contributed by atoms with Gasteiger partial charge in [0, 0.05) is 43.4 Å². The molecule has 1 saturated heterocycles. The van der Waals surface area contributed by atoms with Crippen molar-refractivity contribution in [3.63, 3.8) is 0 Å². The molecule has 11 heteroatoms. The molecule has 1 N–H and O–H groups in total. The molecule has 1 fully saturated rings. The first-order valence-corrected chi connectivity index (χ1v) is 10.3. The van der Waals surface area contributed by atoms with Gasteiger partial charge in [-0.3, -0.25) is 4.79 Å². The van der Waals surface area contributed by atoms with Crippen LogP contribution in [0.25, 0.3) is 11.4 Å². The third-order valence-electron chi connectivity index (χ3n) is 5.58. The maximum absolute atomic E-state index is 14.7. The Hall–Kier alpha value is -3.63. The van der Waals surface area contributed by atoms with E-state index in [1.807, 2.05) is 6.92 Å². The molecule has 1 amide bonds. The first kappa shape index (κ1) is 22.6. The number of alkyl halides is 3. The number of nitrogens with one attached hydrogen (secondary N) is 1. The lowest BCUT2D eigenvalue weighted by molar-refractivity contribution is -0.138. The summed E-state index contributed by atoms with van der Waals surface area (Å²) in [4.78, 5) is 30.7. The van der Waals surface area contributed by atoms with E-state index in [2.05, 4.69) is 25.3 Å². The first-order valence-electron chi connectivity index (χ1n) is 10.3. The summed E-state index contributed by atoms with van der Waals surface area (Å²) in [7, 11) is 0. The summed E-state index contributed by atoms with van der Waals surface area (Å²) in [6.07, 6.45) is 1.14. The van der Waals surface area contributed by atoms with E-state index in [-0.39, 0.29) is 40.9 Å². The normalized spacial score (nSPS) is 18.8. The number of likely N-dealkylation sites (tertiary alicyclic amines) is 1. The van der Waals surface area contributed by atoms with Crippen molar-refractivity contribution in [3.05, 3.63) is 66.0 Å². The number of anilines is 1. The van der Waals surface area contributed by atoms with Gasteiger partial charge in [0.25, 0.3) is 5.91 Å². The van der Waals surface area contributed by atoms with E-state index < -0.39 is 17.6 Å². The average Bonchev–Trinajstić information content (AvgIpc) is 2.80. The fourth-order valence-electron chi connectivity index (χ4n) is 3.85. The minimum Gasteiger partial charge on any atom is -0.349 e. The number of aromatic nitrogens is 4. The quantitative estimate of drug-likeness (QED) is 0.588. The van der Waals surface area contributed by atoms with Crippen LogP contribution < -0.4 is 5.32 Å². The Labute approximate surface area is 186 Å². The van der Waals surface area contributed by atoms with Crippen LogP contribution in [-0.4, -0.2) is 49.4 Å². The third kappa shape index (κ3) is 4.76. The standard InChI is InChI=1S/C22H20F4N6O/c1-13-17(31-21-29-11-14(12-30-21)22(24,25)26)7-3-10-32(13)20(33)15-5-2-6-16(23)18(15)19-27-8-4-9-28-19/h2,4-6,8-9,11-13,17H,3,7,10H2,1H3,(H,29,30,31). The topological polar surface area (TPSA) is 83.9 Å². The lowest BCUT2D eigenvalue weighted by Crippen LogP contribution is -2.52. The van der Waals surface area contributed by atoms with Crippen LogP contribution >= 0.6 is 0 Å². The molecule has 2 unspecified atom stereocenters. The Balaban J connectivity index is 1.56. The molecule has 2 atom stereocenters. The molecule has 4 rings (SSSR count). The van der Waals surface area contributed by atoms with Gasteiger partial charge in [0.15, 0.2) is 5.82 Å². The van der Waals surface area contributed by atoms with Crippen LogP contribution in [0.5, 0.6) is 0 Å². The van der Waals surface area contributed by atoms with Crippen molar-refractivity contribution in [3.8, 4) is 11.4 Å². The van der Waals surface area contributed by atoms with Gasteiger partial charge in [-0.25, -0.2) is 24.3 Å². The Kier molecular flexibility index (Phi) is 6.21. The van der Waals surface area contributed by atoms with E-state index in [0.29, 0.717) is 31.8 Å². The highest BCUT2D eigenvalue weighted by molar-refractivity contribution is 6.00. The average molecular weight is 460 g/mol. The van der Waals surface area contributed by atoms with Gasteiger partial charge in [-0.15, -0.1) is 0 Å². The summed E-state index contributed by atoms with van der Waals surface area (Å²) in [6, 6.07) is 5.16. The van der Waals surface area contributed by atoms with Crippen LogP contribution in [-0.2, 0) is 6.18 Å². The van der Waals surface area contributed by atoms with Crippen molar-refractivity contribution >= 4 is 11.9 Å². The second kappa shape index (κ2) is 9.08. The van der Waals surface area contributed by atoms with E-state index in [1.54, 1.807) is 11.0 Å². The summed E-state index contributed by atoms with van der Waals surface area (Å²) in [5.41, 5.74) is -0.778. The number of carbonyl (C=O) groups excluding carboxylic acids is 1. The summed E-state index contributed by atoms with van der Waals surface area (Å²) < 4.78 is 52.9. The summed E-state index contributed by atoms with van der Waals surface area (Å²) >= 11 is 0. The molecule has 7 nitrogen and oxygen atoms in total. The van der Waals surface area contributed by atoms with Crippen LogP contribution in [0.4, 0.5) is 23.5 Å². The number of rotatable bonds is 4. The Bertz CT molecular complexity index is 1120. The van der Waals surface area contributed by atoms with Gasteiger partial charge in [-0.05, 0) is 38.0 Å². The monoisotopic (exact) mass is 460 g/mol. The molecule has 3 heterocycles. The lowest BCUT2D eigenvalue weighted by atomic mass is 9.95. The number of halogens is 4. The fraction of sp³-hybridized carbons (Fsp3) is 0.318. The summed E-state index contributed by atoms with van der Waals surface area (Å²) in [6.45, 7) is 2.26. The molecular formula is C22H20F4N6O. The number of piperidine rings is 1. The van der Waals surface area contributed by atoms with Crippen molar-refractivity contribution in [2.75, 3.05) is 11.9 Å². The van der Waals surface area contributed by atoms with E-state index in [9.17, 15) is 22.4 Å². The van der Waals surface area contributed by atoms with Gasteiger partial charge in [0.1, 0.15) is 5.82 Å². The predicted octanol–water partition coefficient (Wildman–Crippen LogP) is 4.20. The van der Waals surface area contributed by atoms with Crippen LogP contribution in [0.2, 0.25) is 0 Å². The van der Waals surface area contributed by atoms with Crippen molar-refractivity contribution in [1.29, 1.82) is 0 Å². The van der Waals surface area contributed by atoms with E-state index >= 15 is 0 Å². The highest BCUT2D eigenvalue weighted by Gasteiger charge is 2.34. The zero-order valence-electron chi connectivity index (χ0n) is 17.6. The Morgan fingerprint density at radius 1 is 1.09 bits per heavy atom. The fourth-order valence-corrected chi connectivity index (χ4v) is 3.85.